The van der Waals surface area contributed by atoms with Gasteiger partial charge in [0.15, 0.2) is 0 Å². The van der Waals surface area contributed by atoms with Gasteiger partial charge in [0.05, 0.1) is 0 Å². The van der Waals surface area contributed by atoms with Crippen molar-refractivity contribution in [3.05, 3.63) is 0 Å². The molecule has 1 rings (SSSR count). The summed E-state index contributed by atoms with van der Waals surface area (Å²) in [6, 6.07) is 0. The summed E-state index contributed by atoms with van der Waals surface area (Å²) in [7, 11) is 1.97. The van der Waals surface area contributed by atoms with Gasteiger partial charge < -0.3 is 10.2 Å². The molecular weight excluding hydrogens is 244 g/mol. The van der Waals surface area contributed by atoms with Crippen LogP contribution in [0, 0.1) is 11.8 Å². The number of amides is 1. The van der Waals surface area contributed by atoms with Gasteiger partial charge in [0.2, 0.25) is 5.91 Å². The number of rotatable bonds is 5. The minimum absolute atomic E-state index is 0. The van der Waals surface area contributed by atoms with Crippen molar-refractivity contribution < 1.29 is 4.79 Å². The molecule has 1 heterocycles. The second-order valence-corrected chi connectivity index (χ2v) is 5.26. The van der Waals surface area contributed by atoms with Crippen molar-refractivity contribution in [1.29, 1.82) is 0 Å². The van der Waals surface area contributed by atoms with Gasteiger partial charge in [-0.1, -0.05) is 6.92 Å². The Morgan fingerprint density at radius 2 is 2.31 bits per heavy atom. The van der Waals surface area contributed by atoms with Crippen molar-refractivity contribution in [1.82, 2.24) is 10.2 Å². The molecule has 96 valence electrons. The smallest absolute Gasteiger partial charge is 0.226 e. The van der Waals surface area contributed by atoms with E-state index >= 15 is 0 Å². The van der Waals surface area contributed by atoms with Gasteiger partial charge in [-0.2, -0.15) is 11.8 Å². The second kappa shape index (κ2) is 8.20. The van der Waals surface area contributed by atoms with Crippen LogP contribution in [-0.2, 0) is 4.79 Å². The molecule has 5 heteroatoms. The Hall–Kier alpha value is 0.0700. The first-order chi connectivity index (χ1) is 7.19. The van der Waals surface area contributed by atoms with Gasteiger partial charge in [0, 0.05) is 24.8 Å². The standard InChI is InChI=1S/C11H22N2OS.ClH/c1-9(8-15-3)11(14)13-5-4-10(7-13)6-12-2;/h9-10,12H,4-8H2,1-3H3;1H. The summed E-state index contributed by atoms with van der Waals surface area (Å²) < 4.78 is 0. The van der Waals surface area contributed by atoms with E-state index in [-0.39, 0.29) is 18.3 Å². The van der Waals surface area contributed by atoms with Crippen LogP contribution in [0.4, 0.5) is 0 Å². The third-order valence-electron chi connectivity index (χ3n) is 2.93. The Kier molecular flexibility index (Phi) is 8.24. The van der Waals surface area contributed by atoms with E-state index in [1.807, 2.05) is 18.9 Å². The molecule has 2 unspecified atom stereocenters. The molecule has 1 aliphatic heterocycles. The van der Waals surface area contributed by atoms with Gasteiger partial charge in [-0.05, 0) is 32.2 Å². The molecule has 1 fully saturated rings. The molecule has 0 bridgehead atoms. The lowest BCUT2D eigenvalue weighted by Gasteiger charge is -2.20. The number of carbonyl (C=O) groups excluding carboxylic acids is 1. The van der Waals surface area contributed by atoms with Gasteiger partial charge in [-0.25, -0.2) is 0 Å². The molecule has 0 saturated carbocycles. The fourth-order valence-electron chi connectivity index (χ4n) is 2.12. The molecule has 1 aliphatic rings. The molecule has 0 aromatic rings. The first kappa shape index (κ1) is 16.1. The van der Waals surface area contributed by atoms with Crippen molar-refractivity contribution in [3.63, 3.8) is 0 Å². The van der Waals surface area contributed by atoms with Crippen LogP contribution in [0.5, 0.6) is 0 Å². The predicted molar refractivity (Wildman–Crippen MR) is 73.4 cm³/mol. The van der Waals surface area contributed by atoms with Gasteiger partial charge in [0.25, 0.3) is 0 Å². The maximum absolute atomic E-state index is 12.0. The number of nitrogens with one attached hydrogen (secondary N) is 1. The predicted octanol–water partition coefficient (Wildman–Crippen LogP) is 1.48. The SMILES string of the molecule is CNCC1CCN(C(=O)C(C)CSC)C1.Cl. The first-order valence-electron chi connectivity index (χ1n) is 5.61. The van der Waals surface area contributed by atoms with E-state index in [2.05, 4.69) is 11.6 Å². The summed E-state index contributed by atoms with van der Waals surface area (Å²) in [4.78, 5) is 14.0. The fourth-order valence-corrected chi connectivity index (χ4v) is 2.76. The Balaban J connectivity index is 0.00000225. The molecule has 2 atom stereocenters. The van der Waals surface area contributed by atoms with Crippen LogP contribution in [0.2, 0.25) is 0 Å². The quantitative estimate of drug-likeness (QED) is 0.818. The van der Waals surface area contributed by atoms with Crippen LogP contribution < -0.4 is 5.32 Å². The number of likely N-dealkylation sites (tertiary alicyclic amines) is 1. The van der Waals surface area contributed by atoms with Crippen molar-refractivity contribution in [2.75, 3.05) is 38.7 Å². The lowest BCUT2D eigenvalue weighted by Crippen LogP contribution is -2.35. The molecule has 1 amide bonds. The van der Waals surface area contributed by atoms with Crippen molar-refractivity contribution in [2.45, 2.75) is 13.3 Å². The highest BCUT2D eigenvalue weighted by molar-refractivity contribution is 7.98. The number of hydrogen-bond acceptors (Lipinski definition) is 3. The molecule has 0 aromatic heterocycles. The summed E-state index contributed by atoms with van der Waals surface area (Å²) in [5, 5.41) is 3.18. The Labute approximate surface area is 109 Å². The number of nitrogens with zero attached hydrogens (tertiary/aromatic N) is 1. The van der Waals surface area contributed by atoms with Gasteiger partial charge in [0.1, 0.15) is 0 Å². The number of thioether (sulfide) groups is 1. The molecule has 1 N–H and O–H groups in total. The summed E-state index contributed by atoms with van der Waals surface area (Å²) >= 11 is 1.75. The fraction of sp³-hybridized carbons (Fsp3) is 0.909. The third-order valence-corrected chi connectivity index (χ3v) is 3.76. The zero-order valence-electron chi connectivity index (χ0n) is 10.4. The van der Waals surface area contributed by atoms with Crippen LogP contribution >= 0.6 is 24.2 Å². The normalized spacial score (nSPS) is 21.7. The Morgan fingerprint density at radius 1 is 1.62 bits per heavy atom. The van der Waals surface area contributed by atoms with Crippen LogP contribution in [0.3, 0.4) is 0 Å². The van der Waals surface area contributed by atoms with E-state index in [9.17, 15) is 4.79 Å². The summed E-state index contributed by atoms with van der Waals surface area (Å²) in [5.41, 5.74) is 0. The Morgan fingerprint density at radius 3 is 2.88 bits per heavy atom. The van der Waals surface area contributed by atoms with E-state index in [0.29, 0.717) is 11.8 Å². The molecule has 0 radical (unpaired) electrons. The average molecular weight is 267 g/mol. The molecule has 16 heavy (non-hydrogen) atoms. The van der Waals surface area contributed by atoms with E-state index in [4.69, 9.17) is 0 Å². The lowest BCUT2D eigenvalue weighted by atomic mass is 10.1. The van der Waals surface area contributed by atoms with E-state index in [0.717, 1.165) is 31.8 Å². The van der Waals surface area contributed by atoms with E-state index in [1.165, 1.54) is 0 Å². The largest absolute Gasteiger partial charge is 0.342 e. The van der Waals surface area contributed by atoms with Gasteiger partial charge in [-0.3, -0.25) is 4.79 Å². The highest BCUT2D eigenvalue weighted by Crippen LogP contribution is 2.18. The Bertz CT molecular complexity index is 216. The number of halogens is 1. The van der Waals surface area contributed by atoms with Crippen molar-refractivity contribution in [3.8, 4) is 0 Å². The summed E-state index contributed by atoms with van der Waals surface area (Å²) in [6.07, 6.45) is 3.20. The zero-order chi connectivity index (χ0) is 11.3. The minimum Gasteiger partial charge on any atom is -0.342 e. The number of carbonyl (C=O) groups is 1. The highest BCUT2D eigenvalue weighted by atomic mass is 35.5. The van der Waals surface area contributed by atoms with Crippen LogP contribution in [-0.4, -0.2) is 49.5 Å². The van der Waals surface area contributed by atoms with Gasteiger partial charge in [-0.15, -0.1) is 12.4 Å². The maximum atomic E-state index is 12.0. The molecule has 1 saturated heterocycles. The first-order valence-corrected chi connectivity index (χ1v) is 7.00. The van der Waals surface area contributed by atoms with Crippen molar-refractivity contribution in [2.24, 2.45) is 11.8 Å². The highest BCUT2D eigenvalue weighted by Gasteiger charge is 2.28. The van der Waals surface area contributed by atoms with E-state index < -0.39 is 0 Å². The zero-order valence-corrected chi connectivity index (χ0v) is 12.0. The molecular formula is C11H23ClN2OS. The minimum atomic E-state index is 0. The van der Waals surface area contributed by atoms with Crippen molar-refractivity contribution >= 4 is 30.1 Å². The van der Waals surface area contributed by atoms with Gasteiger partial charge >= 0.3 is 0 Å². The topological polar surface area (TPSA) is 32.3 Å². The van der Waals surface area contributed by atoms with Crippen LogP contribution in [0.1, 0.15) is 13.3 Å². The summed E-state index contributed by atoms with van der Waals surface area (Å²) in [5.74, 6) is 2.10. The summed E-state index contributed by atoms with van der Waals surface area (Å²) in [6.45, 7) is 4.95. The number of hydrogen-bond donors (Lipinski definition) is 1. The van der Waals surface area contributed by atoms with Crippen LogP contribution in [0.25, 0.3) is 0 Å². The maximum Gasteiger partial charge on any atom is 0.226 e. The third kappa shape index (κ3) is 4.52. The van der Waals surface area contributed by atoms with Crippen LogP contribution in [0.15, 0.2) is 0 Å². The molecule has 0 aromatic carbocycles. The molecule has 3 nitrogen and oxygen atoms in total. The average Bonchev–Trinajstić information content (AvgIpc) is 2.66. The second-order valence-electron chi connectivity index (χ2n) is 4.35. The van der Waals surface area contributed by atoms with E-state index in [1.54, 1.807) is 11.8 Å². The molecule has 0 spiro atoms. The molecule has 0 aliphatic carbocycles. The lowest BCUT2D eigenvalue weighted by molar-refractivity contribution is -0.133. The monoisotopic (exact) mass is 266 g/mol.